The molecule has 0 radical (unpaired) electrons. The van der Waals surface area contributed by atoms with Crippen molar-refractivity contribution < 1.29 is 178 Å². The summed E-state index contributed by atoms with van der Waals surface area (Å²) in [5, 5.41) is 225. The first-order valence-corrected chi connectivity index (χ1v) is 44.6. The van der Waals surface area contributed by atoms with Crippen LogP contribution in [0.4, 0.5) is 0 Å². The van der Waals surface area contributed by atoms with Gasteiger partial charge in [0.2, 0.25) is 23.6 Å². The van der Waals surface area contributed by atoms with Gasteiger partial charge in [0.05, 0.1) is 70.5 Å². The molecular weight excluding hydrogens is 1630 g/mol. The molecule has 6 aliphatic heterocycles. The molecule has 6 saturated heterocycles. The Hall–Kier alpha value is -4.11. The summed E-state index contributed by atoms with van der Waals surface area (Å²) >= 11 is 0. The first-order chi connectivity index (χ1) is 58.9. The van der Waals surface area contributed by atoms with E-state index < -0.39 is 284 Å². The van der Waals surface area contributed by atoms with E-state index in [1.807, 2.05) is 0 Å². The Bertz CT molecular complexity index is 3000. The van der Waals surface area contributed by atoms with Gasteiger partial charge in [0.25, 0.3) is 5.79 Å². The van der Waals surface area contributed by atoms with Gasteiger partial charge in [-0.05, 0) is 19.3 Å². The van der Waals surface area contributed by atoms with Crippen molar-refractivity contribution in [1.82, 2.24) is 21.3 Å². The minimum atomic E-state index is -3.45. The van der Waals surface area contributed by atoms with Crippen molar-refractivity contribution in [2.24, 2.45) is 0 Å². The Balaban J connectivity index is 1.26. The second kappa shape index (κ2) is 56.5. The molecule has 40 nitrogen and oxygen atoms in total. The van der Waals surface area contributed by atoms with Crippen molar-refractivity contribution in [3.05, 3.63) is 12.2 Å². The van der Waals surface area contributed by atoms with Gasteiger partial charge in [0.1, 0.15) is 140 Å². The van der Waals surface area contributed by atoms with Gasteiger partial charge in [-0.25, -0.2) is 4.79 Å². The Morgan fingerprint density at radius 2 is 0.821 bits per heavy atom. The van der Waals surface area contributed by atoms with Gasteiger partial charge in [0.15, 0.2) is 31.5 Å². The maximum atomic E-state index is 14.0. The third kappa shape index (κ3) is 32.7. The fraction of sp³-hybridized carbons (Fsp3) is 0.916. The Morgan fingerprint density at radius 1 is 0.423 bits per heavy atom. The molecular formula is C83H148N4O36. The number of hydrogen-bond acceptors (Lipinski definition) is 35. The number of carbonyl (C=O) groups excluding carboxylic acids is 4. The van der Waals surface area contributed by atoms with Crippen molar-refractivity contribution in [2.45, 2.75) is 435 Å². The molecule has 0 aromatic carbocycles. The van der Waals surface area contributed by atoms with E-state index in [-0.39, 0.29) is 6.42 Å². The summed E-state index contributed by atoms with van der Waals surface area (Å²) in [5.41, 5.74) is 0. The van der Waals surface area contributed by atoms with E-state index in [0.717, 1.165) is 85.0 Å². The summed E-state index contributed by atoms with van der Waals surface area (Å²) in [7, 11) is 0. The quantitative estimate of drug-likeness (QED) is 0.0225. The van der Waals surface area contributed by atoms with Crippen LogP contribution in [-0.2, 0) is 80.8 Å². The summed E-state index contributed by atoms with van der Waals surface area (Å²) in [6.07, 6.45) is -24.0. The number of unbranched alkanes of at least 4 members (excludes halogenated alkanes) is 27. The Kier molecular flexibility index (Phi) is 49.4. The highest BCUT2D eigenvalue weighted by Gasteiger charge is 2.63. The highest BCUT2D eigenvalue weighted by atomic mass is 16.8. The van der Waals surface area contributed by atoms with Crippen molar-refractivity contribution in [2.75, 3.05) is 46.2 Å². The molecule has 6 aliphatic rings. The third-order valence-electron chi connectivity index (χ3n) is 23.6. The van der Waals surface area contributed by atoms with Crippen LogP contribution in [0.3, 0.4) is 0 Å². The number of nitrogens with one attached hydrogen (secondary N) is 4. The third-order valence-corrected chi connectivity index (χ3v) is 23.6. The molecule has 123 heavy (non-hydrogen) atoms. The zero-order chi connectivity index (χ0) is 90.5. The number of aliphatic carboxylic acids is 1. The molecule has 6 fully saturated rings. The topological polar surface area (TPSA) is 629 Å². The van der Waals surface area contributed by atoms with E-state index in [4.69, 9.17) is 56.8 Å². The zero-order valence-electron chi connectivity index (χ0n) is 71.9. The van der Waals surface area contributed by atoms with Crippen LogP contribution in [0, 0.1) is 0 Å². The van der Waals surface area contributed by atoms with E-state index in [9.17, 15) is 121 Å². The number of aliphatic hydroxyl groups excluding tert-OH is 18. The van der Waals surface area contributed by atoms with Crippen LogP contribution in [0.5, 0.6) is 0 Å². The van der Waals surface area contributed by atoms with Crippen LogP contribution >= 0.6 is 0 Å². The monoisotopic (exact) mass is 1780 g/mol. The first-order valence-electron chi connectivity index (χ1n) is 44.6. The zero-order valence-corrected chi connectivity index (χ0v) is 71.9. The largest absolute Gasteiger partial charge is 0.477 e. The maximum absolute atomic E-state index is 14.0. The summed E-state index contributed by atoms with van der Waals surface area (Å²) in [5.74, 6) is -8.75. The lowest BCUT2D eigenvalue weighted by Gasteiger charge is -2.53. The second-order valence-electron chi connectivity index (χ2n) is 33.5. The van der Waals surface area contributed by atoms with Crippen LogP contribution in [0.1, 0.15) is 234 Å². The molecule has 33 atom stereocenters. The molecule has 23 N–H and O–H groups in total. The molecule has 0 aromatic heterocycles. The number of aliphatic hydroxyl groups is 18. The van der Waals surface area contributed by atoms with E-state index in [0.29, 0.717) is 12.8 Å². The Morgan fingerprint density at radius 3 is 1.31 bits per heavy atom. The van der Waals surface area contributed by atoms with Crippen LogP contribution < -0.4 is 21.3 Å². The minimum absolute atomic E-state index is 0.112. The summed E-state index contributed by atoms with van der Waals surface area (Å²) in [4.78, 5) is 66.1. The molecule has 40 heteroatoms. The first kappa shape index (κ1) is 108. The SMILES string of the molecule is CCCCCCCCCCCCC/C=C/[C@@H](O)[C@H](CO[C@@H]1OC(CO)[C@@H](O[C@@H]2OC(CO)[C@H](O[C@@H]3OC(CO)[C@H](O)[C@H](O[C@@H]4OC(CO)[C@H](O)[C@H](O[C@@H]5OC(CO)[C@H](O)[C@H](O)C5NC(C)=O)C4O)C3NC(C)=O)[C@H](O[C@]3(C(=O)O)CC(O)[C@@H](NC(C)=O)C([C@H](O)[C@H](O)CO)O3)C2O)[C@H](O)C1O)NC(=O)CCCCCCCCCCCCCCCCCCC. The van der Waals surface area contributed by atoms with E-state index >= 15 is 0 Å². The highest BCUT2D eigenvalue weighted by molar-refractivity contribution is 5.77. The lowest BCUT2D eigenvalue weighted by molar-refractivity contribution is -0.404. The second-order valence-corrected chi connectivity index (χ2v) is 33.5. The van der Waals surface area contributed by atoms with Gasteiger partial charge < -0.3 is 175 Å². The van der Waals surface area contributed by atoms with E-state index in [2.05, 4.69) is 35.1 Å². The lowest BCUT2D eigenvalue weighted by Crippen LogP contribution is -2.72. The maximum Gasteiger partial charge on any atom is 0.364 e. The number of carboxylic acids is 1. The lowest BCUT2D eigenvalue weighted by atomic mass is 9.88. The molecule has 0 bridgehead atoms. The molecule has 0 aliphatic carbocycles. The van der Waals surface area contributed by atoms with Crippen molar-refractivity contribution in [1.29, 1.82) is 0 Å². The van der Waals surface area contributed by atoms with Crippen LogP contribution in [0.2, 0.25) is 0 Å². The van der Waals surface area contributed by atoms with Gasteiger partial charge in [0, 0.05) is 33.6 Å². The molecule has 0 aromatic rings. The number of allylic oxidation sites excluding steroid dienone is 1. The van der Waals surface area contributed by atoms with Gasteiger partial charge in [-0.1, -0.05) is 193 Å². The van der Waals surface area contributed by atoms with Gasteiger partial charge >= 0.3 is 5.97 Å². The minimum Gasteiger partial charge on any atom is -0.477 e. The summed E-state index contributed by atoms with van der Waals surface area (Å²) in [6.45, 7) is -0.0615. The molecule has 0 spiro atoms. The number of rotatable bonds is 58. The molecule has 0 saturated carbocycles. The number of ether oxygens (including phenoxy) is 12. The normalized spacial score (nSPS) is 35.4. The standard InChI is InChI=1S/C83H148N4O36/c1-6-8-10-12-14-16-18-20-21-22-23-25-27-29-31-33-35-37-58(100)87-49(50(97)36-34-32-30-28-26-24-19-17-15-13-11-9-7-2)45-112-79-68(107)67(106)71(56(43-92)116-79)118-81-70(109)76(123-83(82(110)111)38-51(98)59(84-46(3)94)74(122-83)62(101)52(99)39-88)72(57(44-93)117-81)119-78-61(86-48(5)96)73(64(103)54(41-90)114-78)120-80-69(108)75(65(104)55(42-91)115-80)121-77-60(85-47(4)95)66(105)63(102)53(40-89)113-77/h34,36,49-57,59-81,88-93,97-99,101-109H,6-33,35,37-45H2,1-5H3,(H,84,94)(H,85,95)(H,86,96)(H,87,100)(H,110,111)/b36-34+/t49-,50+,51?,52+,53?,54?,55?,56?,57?,59+,60?,61?,62+,63-,64-,65-,66+,67+,68?,69?,70?,71+,72-,73+,74?,75-,76+,77-,78-,79+,80-,81-,83-/m0/s1. The molecule has 4 amide bonds. The summed E-state index contributed by atoms with van der Waals surface area (Å²) < 4.78 is 72.7. The highest BCUT2D eigenvalue weighted by Crippen LogP contribution is 2.42. The Labute approximate surface area is 719 Å². The number of hydrogen-bond donors (Lipinski definition) is 23. The summed E-state index contributed by atoms with van der Waals surface area (Å²) in [6, 6.07) is -6.70. The van der Waals surface area contributed by atoms with Crippen molar-refractivity contribution in [3.8, 4) is 0 Å². The van der Waals surface area contributed by atoms with Crippen LogP contribution in [0.25, 0.3) is 0 Å². The van der Waals surface area contributed by atoms with Gasteiger partial charge in [-0.3, -0.25) is 19.2 Å². The fourth-order valence-corrected chi connectivity index (χ4v) is 16.6. The van der Waals surface area contributed by atoms with Gasteiger partial charge in [-0.15, -0.1) is 0 Å². The number of amides is 4. The van der Waals surface area contributed by atoms with Crippen molar-refractivity contribution in [3.63, 3.8) is 0 Å². The molecule has 6 rings (SSSR count). The average molecular weight is 1780 g/mol. The average Bonchev–Trinajstić information content (AvgIpc) is 0.744. The molecule has 12 unspecified atom stereocenters. The molecule has 716 valence electrons. The number of carbonyl (C=O) groups is 5. The smallest absolute Gasteiger partial charge is 0.364 e. The van der Waals surface area contributed by atoms with Crippen LogP contribution in [-0.4, -0.2) is 375 Å². The van der Waals surface area contributed by atoms with Crippen LogP contribution in [0.15, 0.2) is 12.2 Å². The van der Waals surface area contributed by atoms with E-state index in [1.54, 1.807) is 6.08 Å². The van der Waals surface area contributed by atoms with Crippen molar-refractivity contribution >= 4 is 29.6 Å². The predicted molar refractivity (Wildman–Crippen MR) is 432 cm³/mol. The van der Waals surface area contributed by atoms with E-state index in [1.165, 1.54) is 115 Å². The molecule has 6 heterocycles. The fourth-order valence-electron chi connectivity index (χ4n) is 16.6. The predicted octanol–water partition coefficient (Wildman–Crippen LogP) is -2.29. The van der Waals surface area contributed by atoms with Gasteiger partial charge in [-0.2, -0.15) is 0 Å². The number of carboxylic acid groups (broad SMARTS) is 1.